The van der Waals surface area contributed by atoms with Crippen LogP contribution >= 0.6 is 15.9 Å². The molecular weight excluding hydrogens is 310 g/mol. The monoisotopic (exact) mass is 337 g/mol. The number of hydrogen-bond donors (Lipinski definition) is 1. The van der Waals surface area contributed by atoms with E-state index < -0.39 is 0 Å². The quantitative estimate of drug-likeness (QED) is 0.726. The molecule has 1 aliphatic rings. The van der Waals surface area contributed by atoms with Gasteiger partial charge in [-0.1, -0.05) is 67.7 Å². The van der Waals surface area contributed by atoms with E-state index in [1.54, 1.807) is 0 Å². The van der Waals surface area contributed by atoms with Crippen LogP contribution in [0.4, 0.5) is 0 Å². The van der Waals surface area contributed by atoms with Crippen molar-refractivity contribution in [2.45, 2.75) is 51.9 Å². The second kappa shape index (κ2) is 7.09. The van der Waals surface area contributed by atoms with Gasteiger partial charge in [0.05, 0.1) is 0 Å². The van der Waals surface area contributed by atoms with Crippen molar-refractivity contribution in [3.8, 4) is 0 Å². The maximum Gasteiger partial charge on any atom is 0.0213 e. The van der Waals surface area contributed by atoms with E-state index in [4.69, 9.17) is 0 Å². The minimum atomic E-state index is 0.356. The van der Waals surface area contributed by atoms with Gasteiger partial charge < -0.3 is 5.32 Å². The topological polar surface area (TPSA) is 12.0 Å². The smallest absolute Gasteiger partial charge is 0.0213 e. The van der Waals surface area contributed by atoms with Crippen LogP contribution in [0.15, 0.2) is 28.7 Å². The second-order valence-electron chi connectivity index (χ2n) is 6.85. The lowest BCUT2D eigenvalue weighted by atomic mass is 9.57. The molecule has 0 atom stereocenters. The molecule has 1 N–H and O–H groups in total. The standard InChI is InChI=1S/C18H28BrN/c1-4-7-15-10-18(11-15,13-20-12-14(2)3)16-8-5-6-9-17(16)19/h5-6,8-9,14-15,20H,4,7,10-13H2,1-3H3. The highest BCUT2D eigenvalue weighted by atomic mass is 79.9. The summed E-state index contributed by atoms with van der Waals surface area (Å²) in [5, 5.41) is 3.70. The van der Waals surface area contributed by atoms with Crippen molar-refractivity contribution in [2.75, 3.05) is 13.1 Å². The predicted octanol–water partition coefficient (Wildman–Crippen LogP) is 5.14. The summed E-state index contributed by atoms with van der Waals surface area (Å²) in [7, 11) is 0. The van der Waals surface area contributed by atoms with Gasteiger partial charge in [-0.3, -0.25) is 0 Å². The van der Waals surface area contributed by atoms with Crippen molar-refractivity contribution in [3.05, 3.63) is 34.3 Å². The lowest BCUT2D eigenvalue weighted by Gasteiger charge is -2.49. The number of halogens is 1. The van der Waals surface area contributed by atoms with Gasteiger partial charge in [-0.2, -0.15) is 0 Å². The zero-order valence-electron chi connectivity index (χ0n) is 13.1. The molecule has 1 aliphatic carbocycles. The van der Waals surface area contributed by atoms with Crippen LogP contribution in [0.25, 0.3) is 0 Å². The van der Waals surface area contributed by atoms with Gasteiger partial charge in [-0.15, -0.1) is 0 Å². The van der Waals surface area contributed by atoms with Gasteiger partial charge in [-0.05, 0) is 42.9 Å². The molecule has 0 amide bonds. The minimum absolute atomic E-state index is 0.356. The van der Waals surface area contributed by atoms with E-state index in [-0.39, 0.29) is 0 Å². The molecule has 0 heterocycles. The highest BCUT2D eigenvalue weighted by Crippen LogP contribution is 2.51. The van der Waals surface area contributed by atoms with E-state index in [0.29, 0.717) is 5.41 Å². The Balaban J connectivity index is 2.08. The van der Waals surface area contributed by atoms with Crippen LogP contribution in [0.5, 0.6) is 0 Å². The fourth-order valence-electron chi connectivity index (χ4n) is 3.61. The fraction of sp³-hybridized carbons (Fsp3) is 0.667. The van der Waals surface area contributed by atoms with Crippen LogP contribution in [0.1, 0.15) is 52.0 Å². The van der Waals surface area contributed by atoms with E-state index in [2.05, 4.69) is 66.3 Å². The SMILES string of the molecule is CCCC1CC(CNCC(C)C)(c2ccccc2Br)C1. The average Bonchev–Trinajstić information content (AvgIpc) is 2.36. The summed E-state index contributed by atoms with van der Waals surface area (Å²) in [4.78, 5) is 0. The third kappa shape index (κ3) is 3.65. The Bertz CT molecular complexity index is 421. The summed E-state index contributed by atoms with van der Waals surface area (Å²) in [6, 6.07) is 8.79. The maximum absolute atomic E-state index is 3.76. The van der Waals surface area contributed by atoms with Crippen LogP contribution < -0.4 is 5.32 Å². The predicted molar refractivity (Wildman–Crippen MR) is 91.2 cm³/mol. The third-order valence-electron chi connectivity index (χ3n) is 4.52. The number of rotatable bonds is 7. The molecule has 1 saturated carbocycles. The van der Waals surface area contributed by atoms with Crippen LogP contribution in [-0.4, -0.2) is 13.1 Å². The van der Waals surface area contributed by atoms with Crippen molar-refractivity contribution in [1.29, 1.82) is 0 Å². The van der Waals surface area contributed by atoms with Gasteiger partial charge >= 0.3 is 0 Å². The molecular formula is C18H28BrN. The lowest BCUT2D eigenvalue weighted by molar-refractivity contribution is 0.127. The zero-order valence-corrected chi connectivity index (χ0v) is 14.7. The van der Waals surface area contributed by atoms with Gasteiger partial charge in [0, 0.05) is 16.4 Å². The minimum Gasteiger partial charge on any atom is -0.316 e. The lowest BCUT2D eigenvalue weighted by Crippen LogP contribution is -2.49. The van der Waals surface area contributed by atoms with Gasteiger partial charge in [0.2, 0.25) is 0 Å². The van der Waals surface area contributed by atoms with Crippen LogP contribution in [-0.2, 0) is 5.41 Å². The summed E-state index contributed by atoms with van der Waals surface area (Å²) >= 11 is 3.76. The average molecular weight is 338 g/mol. The van der Waals surface area contributed by atoms with E-state index in [9.17, 15) is 0 Å². The number of benzene rings is 1. The molecule has 1 nitrogen and oxygen atoms in total. The molecule has 2 rings (SSSR count). The number of nitrogens with one attached hydrogen (secondary N) is 1. The van der Waals surface area contributed by atoms with Gasteiger partial charge in [0.15, 0.2) is 0 Å². The van der Waals surface area contributed by atoms with Crippen molar-refractivity contribution < 1.29 is 0 Å². The van der Waals surface area contributed by atoms with Gasteiger partial charge in [0.1, 0.15) is 0 Å². The summed E-state index contributed by atoms with van der Waals surface area (Å²) in [5.74, 6) is 1.64. The Morgan fingerprint density at radius 1 is 1.30 bits per heavy atom. The molecule has 0 bridgehead atoms. The molecule has 0 aromatic heterocycles. The van der Waals surface area contributed by atoms with Gasteiger partial charge in [-0.25, -0.2) is 0 Å². The molecule has 1 aromatic carbocycles. The Morgan fingerprint density at radius 2 is 2.00 bits per heavy atom. The summed E-state index contributed by atoms with van der Waals surface area (Å²) in [6.45, 7) is 9.09. The first-order valence-corrected chi connectivity index (χ1v) is 8.82. The van der Waals surface area contributed by atoms with Crippen molar-refractivity contribution in [2.24, 2.45) is 11.8 Å². The summed E-state index contributed by atoms with van der Waals surface area (Å²) in [6.07, 6.45) is 5.38. The Labute approximate surface area is 132 Å². The first-order chi connectivity index (χ1) is 9.57. The van der Waals surface area contributed by atoms with Crippen molar-refractivity contribution in [1.82, 2.24) is 5.32 Å². The summed E-state index contributed by atoms with van der Waals surface area (Å²) in [5.41, 5.74) is 1.86. The van der Waals surface area contributed by atoms with E-state index in [1.807, 2.05) is 0 Å². The van der Waals surface area contributed by atoms with Gasteiger partial charge in [0.25, 0.3) is 0 Å². The van der Waals surface area contributed by atoms with E-state index in [1.165, 1.54) is 35.7 Å². The molecule has 0 unspecified atom stereocenters. The van der Waals surface area contributed by atoms with Crippen molar-refractivity contribution in [3.63, 3.8) is 0 Å². The number of hydrogen-bond acceptors (Lipinski definition) is 1. The molecule has 0 aliphatic heterocycles. The van der Waals surface area contributed by atoms with Crippen LogP contribution in [0.2, 0.25) is 0 Å². The molecule has 0 spiro atoms. The Kier molecular flexibility index (Phi) is 5.68. The highest BCUT2D eigenvalue weighted by molar-refractivity contribution is 9.10. The van der Waals surface area contributed by atoms with Crippen LogP contribution in [0.3, 0.4) is 0 Å². The largest absolute Gasteiger partial charge is 0.316 e. The van der Waals surface area contributed by atoms with Crippen molar-refractivity contribution >= 4 is 15.9 Å². The first kappa shape index (κ1) is 16.0. The third-order valence-corrected chi connectivity index (χ3v) is 5.21. The molecule has 0 saturated heterocycles. The second-order valence-corrected chi connectivity index (χ2v) is 7.70. The fourth-order valence-corrected chi connectivity index (χ4v) is 4.31. The molecule has 1 aromatic rings. The normalized spacial score (nSPS) is 25.8. The molecule has 1 fully saturated rings. The van der Waals surface area contributed by atoms with E-state index >= 15 is 0 Å². The highest BCUT2D eigenvalue weighted by Gasteiger charge is 2.45. The molecule has 112 valence electrons. The first-order valence-electron chi connectivity index (χ1n) is 8.03. The summed E-state index contributed by atoms with van der Waals surface area (Å²) < 4.78 is 1.28. The molecule has 0 radical (unpaired) electrons. The van der Waals surface area contributed by atoms with E-state index in [0.717, 1.165) is 24.9 Å². The Hall–Kier alpha value is -0.340. The molecule has 2 heteroatoms. The Morgan fingerprint density at radius 3 is 2.60 bits per heavy atom. The van der Waals surface area contributed by atoms with Crippen LogP contribution in [0, 0.1) is 11.8 Å². The molecule has 20 heavy (non-hydrogen) atoms. The zero-order chi connectivity index (χ0) is 14.6. The maximum atomic E-state index is 3.76.